The van der Waals surface area contributed by atoms with Crippen LogP contribution in [0.25, 0.3) is 0 Å². The molecule has 3 N–H and O–H groups in total. The lowest BCUT2D eigenvalue weighted by molar-refractivity contribution is -0.113. The van der Waals surface area contributed by atoms with Crippen molar-refractivity contribution in [2.75, 3.05) is 5.32 Å². The van der Waals surface area contributed by atoms with E-state index in [1.54, 1.807) is 49.4 Å². The fourth-order valence-corrected chi connectivity index (χ4v) is 3.82. The van der Waals surface area contributed by atoms with Crippen LogP contribution >= 0.6 is 47.0 Å². The van der Waals surface area contributed by atoms with Gasteiger partial charge in [0.2, 0.25) is 0 Å². The minimum absolute atomic E-state index is 0.334. The summed E-state index contributed by atoms with van der Waals surface area (Å²) in [5, 5.41) is 10.6. The SMILES string of the molecule is CC1=C(C(=O)Nc2ccccc2Cl)[C@@H](c2c(Cl)cccc2Cl)NC(=S)N1. The van der Waals surface area contributed by atoms with Crippen LogP contribution in [0.15, 0.2) is 53.7 Å². The summed E-state index contributed by atoms with van der Waals surface area (Å²) in [4.78, 5) is 13.0. The molecule has 0 aromatic heterocycles. The van der Waals surface area contributed by atoms with Crippen LogP contribution in [0, 0.1) is 0 Å². The number of hydrogen-bond donors (Lipinski definition) is 3. The predicted octanol–water partition coefficient (Wildman–Crippen LogP) is 5.08. The van der Waals surface area contributed by atoms with E-state index in [1.807, 2.05) is 0 Å². The van der Waals surface area contributed by atoms with Gasteiger partial charge in [0.1, 0.15) is 0 Å². The Hall–Kier alpha value is -1.79. The van der Waals surface area contributed by atoms with Gasteiger partial charge in [-0.3, -0.25) is 4.79 Å². The Kier molecular flexibility index (Phi) is 5.73. The molecule has 0 spiro atoms. The number of halogens is 3. The van der Waals surface area contributed by atoms with Gasteiger partial charge in [0.25, 0.3) is 5.91 Å². The van der Waals surface area contributed by atoms with E-state index in [0.717, 1.165) is 0 Å². The number of thiocarbonyl (C=S) groups is 1. The van der Waals surface area contributed by atoms with Crippen LogP contribution in [0.4, 0.5) is 5.69 Å². The van der Waals surface area contributed by atoms with Gasteiger partial charge < -0.3 is 16.0 Å². The van der Waals surface area contributed by atoms with Crippen LogP contribution in [0.1, 0.15) is 18.5 Å². The van der Waals surface area contributed by atoms with Crippen molar-refractivity contribution in [3.63, 3.8) is 0 Å². The normalized spacial score (nSPS) is 16.8. The van der Waals surface area contributed by atoms with Crippen molar-refractivity contribution in [1.82, 2.24) is 10.6 Å². The second kappa shape index (κ2) is 7.84. The highest BCUT2D eigenvalue weighted by atomic mass is 35.5. The lowest BCUT2D eigenvalue weighted by Gasteiger charge is -2.31. The first-order valence-corrected chi connectivity index (χ1v) is 9.20. The van der Waals surface area contributed by atoms with Gasteiger partial charge in [-0.1, -0.05) is 53.0 Å². The number of para-hydroxylation sites is 1. The largest absolute Gasteiger partial charge is 0.351 e. The minimum Gasteiger partial charge on any atom is -0.351 e. The molecule has 1 aliphatic heterocycles. The Bertz CT molecular complexity index is 909. The van der Waals surface area contributed by atoms with Gasteiger partial charge in [-0.25, -0.2) is 0 Å². The average Bonchev–Trinajstić information content (AvgIpc) is 2.56. The summed E-state index contributed by atoms with van der Waals surface area (Å²) in [6.07, 6.45) is 0. The Morgan fingerprint density at radius 1 is 1.04 bits per heavy atom. The second-order valence-corrected chi connectivity index (χ2v) is 7.27. The quantitative estimate of drug-likeness (QED) is 0.599. The molecule has 1 heterocycles. The molecule has 2 aromatic carbocycles. The van der Waals surface area contributed by atoms with Crippen LogP contribution in [-0.4, -0.2) is 11.0 Å². The lowest BCUT2D eigenvalue weighted by Crippen LogP contribution is -2.46. The molecule has 0 bridgehead atoms. The number of nitrogens with one attached hydrogen (secondary N) is 3. The predicted molar refractivity (Wildman–Crippen MR) is 111 cm³/mol. The molecule has 8 heteroatoms. The van der Waals surface area contributed by atoms with Gasteiger partial charge in [0.05, 0.1) is 22.3 Å². The number of allylic oxidation sites excluding steroid dienone is 1. The molecule has 1 amide bonds. The van der Waals surface area contributed by atoms with Crippen LogP contribution in [0.2, 0.25) is 15.1 Å². The maximum atomic E-state index is 13.0. The molecule has 0 fully saturated rings. The molecule has 2 aromatic rings. The summed E-state index contributed by atoms with van der Waals surface area (Å²) >= 11 is 24.1. The van der Waals surface area contributed by atoms with E-state index < -0.39 is 6.04 Å². The lowest BCUT2D eigenvalue weighted by atomic mass is 9.94. The molecular weight excluding hydrogens is 413 g/mol. The van der Waals surface area contributed by atoms with Crippen LogP contribution in [0.3, 0.4) is 0 Å². The third-order valence-corrected chi connectivity index (χ3v) is 5.13. The molecule has 0 saturated carbocycles. The van der Waals surface area contributed by atoms with E-state index in [-0.39, 0.29) is 5.91 Å². The van der Waals surface area contributed by atoms with Crippen molar-refractivity contribution >= 4 is 63.7 Å². The van der Waals surface area contributed by atoms with E-state index in [9.17, 15) is 4.79 Å². The van der Waals surface area contributed by atoms with Crippen molar-refractivity contribution in [3.8, 4) is 0 Å². The highest BCUT2D eigenvalue weighted by Crippen LogP contribution is 2.37. The Morgan fingerprint density at radius 2 is 1.65 bits per heavy atom. The minimum atomic E-state index is -0.590. The molecule has 0 unspecified atom stereocenters. The number of benzene rings is 2. The fourth-order valence-electron chi connectivity index (χ4n) is 2.75. The van der Waals surface area contributed by atoms with Crippen molar-refractivity contribution in [2.24, 2.45) is 0 Å². The van der Waals surface area contributed by atoms with Crippen molar-refractivity contribution in [2.45, 2.75) is 13.0 Å². The van der Waals surface area contributed by atoms with Gasteiger partial charge in [-0.05, 0) is 43.4 Å². The molecule has 1 atom stereocenters. The van der Waals surface area contributed by atoms with Gasteiger partial charge in [-0.15, -0.1) is 0 Å². The van der Waals surface area contributed by atoms with E-state index >= 15 is 0 Å². The van der Waals surface area contributed by atoms with E-state index in [2.05, 4.69) is 16.0 Å². The Labute approximate surface area is 171 Å². The zero-order chi connectivity index (χ0) is 18.8. The first-order chi connectivity index (χ1) is 12.4. The topological polar surface area (TPSA) is 53.2 Å². The maximum absolute atomic E-state index is 13.0. The molecule has 134 valence electrons. The summed E-state index contributed by atoms with van der Waals surface area (Å²) in [6, 6.07) is 11.6. The highest BCUT2D eigenvalue weighted by molar-refractivity contribution is 7.80. The first-order valence-electron chi connectivity index (χ1n) is 7.66. The molecule has 4 nitrogen and oxygen atoms in total. The molecule has 1 aliphatic rings. The summed E-state index contributed by atoms with van der Waals surface area (Å²) in [5.74, 6) is -0.334. The number of carbonyl (C=O) groups is 1. The van der Waals surface area contributed by atoms with Crippen LogP contribution in [-0.2, 0) is 4.79 Å². The van der Waals surface area contributed by atoms with E-state index in [1.165, 1.54) is 0 Å². The number of anilines is 1. The summed E-state index contributed by atoms with van der Waals surface area (Å²) < 4.78 is 0. The zero-order valence-electron chi connectivity index (χ0n) is 13.6. The van der Waals surface area contributed by atoms with E-state index in [4.69, 9.17) is 47.0 Å². The molecule has 3 rings (SSSR count). The number of rotatable bonds is 3. The van der Waals surface area contributed by atoms with Crippen molar-refractivity contribution < 1.29 is 4.79 Å². The number of amides is 1. The fraction of sp³-hybridized carbons (Fsp3) is 0.111. The smallest absolute Gasteiger partial charge is 0.255 e. The van der Waals surface area contributed by atoms with Gasteiger partial charge in [0, 0.05) is 21.3 Å². The standard InChI is InChI=1S/C18H14Cl3N3OS/c1-9-14(17(25)23-13-8-3-2-5-10(13)19)16(24-18(26)22-9)15-11(20)6-4-7-12(15)21/h2-8,16H,1H3,(H,23,25)(H2,22,24,26)/t16-/m0/s1. The first kappa shape index (κ1) is 19.0. The average molecular weight is 427 g/mol. The third-order valence-electron chi connectivity index (χ3n) is 3.92. The zero-order valence-corrected chi connectivity index (χ0v) is 16.7. The van der Waals surface area contributed by atoms with Gasteiger partial charge >= 0.3 is 0 Å². The second-order valence-electron chi connectivity index (χ2n) is 5.64. The molecule has 0 aliphatic carbocycles. The number of hydrogen-bond acceptors (Lipinski definition) is 2. The van der Waals surface area contributed by atoms with Crippen molar-refractivity contribution in [1.29, 1.82) is 0 Å². The molecule has 26 heavy (non-hydrogen) atoms. The van der Waals surface area contributed by atoms with Crippen LogP contribution < -0.4 is 16.0 Å². The monoisotopic (exact) mass is 425 g/mol. The Morgan fingerprint density at radius 3 is 2.31 bits per heavy atom. The molecule has 0 saturated heterocycles. The Balaban J connectivity index is 2.04. The van der Waals surface area contributed by atoms with E-state index in [0.29, 0.717) is 42.7 Å². The van der Waals surface area contributed by atoms with Crippen LogP contribution in [0.5, 0.6) is 0 Å². The summed E-state index contributed by atoms with van der Waals surface area (Å²) in [5.41, 5.74) is 2.13. The van der Waals surface area contributed by atoms with Gasteiger partial charge in [0.15, 0.2) is 5.11 Å². The third kappa shape index (κ3) is 3.81. The van der Waals surface area contributed by atoms with Gasteiger partial charge in [-0.2, -0.15) is 0 Å². The molecular formula is C18H14Cl3N3OS. The highest BCUT2D eigenvalue weighted by Gasteiger charge is 2.32. The maximum Gasteiger partial charge on any atom is 0.255 e. The van der Waals surface area contributed by atoms with Crippen molar-refractivity contribution in [3.05, 3.63) is 74.4 Å². The molecule has 0 radical (unpaired) electrons. The number of carbonyl (C=O) groups excluding carboxylic acids is 1. The summed E-state index contributed by atoms with van der Waals surface area (Å²) in [7, 11) is 0. The summed E-state index contributed by atoms with van der Waals surface area (Å²) in [6.45, 7) is 1.77.